The van der Waals surface area contributed by atoms with Crippen molar-refractivity contribution >= 4 is 27.0 Å². The van der Waals surface area contributed by atoms with E-state index < -0.39 is 0 Å². The number of aromatic nitrogens is 4. The number of fused-ring (bicyclic) bond motifs is 1. The molecular formula is C12H11BrN4O. The van der Waals surface area contributed by atoms with Crippen molar-refractivity contribution in [1.82, 2.24) is 19.7 Å². The predicted octanol–water partition coefficient (Wildman–Crippen LogP) is 2.37. The average Bonchev–Trinajstić information content (AvgIpc) is 2.92. The van der Waals surface area contributed by atoms with E-state index in [1.807, 2.05) is 31.2 Å². The first-order chi connectivity index (χ1) is 8.70. The lowest BCUT2D eigenvalue weighted by Gasteiger charge is -1.94. The van der Waals surface area contributed by atoms with Gasteiger partial charge in [0, 0.05) is 0 Å². The SMILES string of the molecule is CCc1[nH]n(-c2nc3ccccc3[nH]2)c(=O)c1Br. The first-order valence-corrected chi connectivity index (χ1v) is 6.44. The van der Waals surface area contributed by atoms with Crippen LogP contribution < -0.4 is 5.56 Å². The number of para-hydroxylation sites is 2. The van der Waals surface area contributed by atoms with Gasteiger partial charge in [-0.3, -0.25) is 9.89 Å². The summed E-state index contributed by atoms with van der Waals surface area (Å²) in [4.78, 5) is 19.6. The first-order valence-electron chi connectivity index (χ1n) is 5.65. The zero-order valence-electron chi connectivity index (χ0n) is 9.70. The number of halogens is 1. The molecule has 0 atom stereocenters. The van der Waals surface area contributed by atoms with Gasteiger partial charge >= 0.3 is 0 Å². The van der Waals surface area contributed by atoms with Crippen LogP contribution in [0.25, 0.3) is 17.0 Å². The Bertz CT molecular complexity index is 735. The lowest BCUT2D eigenvalue weighted by Crippen LogP contribution is -2.15. The van der Waals surface area contributed by atoms with Crippen LogP contribution in [0.4, 0.5) is 0 Å². The Balaban J connectivity index is 2.23. The quantitative estimate of drug-likeness (QED) is 0.763. The van der Waals surface area contributed by atoms with Gasteiger partial charge < -0.3 is 4.98 Å². The summed E-state index contributed by atoms with van der Waals surface area (Å²) in [5.41, 5.74) is 2.47. The maximum Gasteiger partial charge on any atom is 0.288 e. The Kier molecular flexibility index (Phi) is 2.59. The van der Waals surface area contributed by atoms with Gasteiger partial charge in [0.15, 0.2) is 0 Å². The van der Waals surface area contributed by atoms with Crippen LogP contribution in [0.2, 0.25) is 0 Å². The number of H-pyrrole nitrogens is 2. The predicted molar refractivity (Wildman–Crippen MR) is 73.1 cm³/mol. The van der Waals surface area contributed by atoms with Crippen molar-refractivity contribution in [3.05, 3.63) is 44.8 Å². The molecule has 2 heterocycles. The molecule has 2 N–H and O–H groups in total. The fraction of sp³-hybridized carbons (Fsp3) is 0.167. The maximum atomic E-state index is 12.1. The third-order valence-electron chi connectivity index (χ3n) is 2.84. The largest absolute Gasteiger partial charge is 0.322 e. The summed E-state index contributed by atoms with van der Waals surface area (Å²) in [5.74, 6) is 0.501. The van der Waals surface area contributed by atoms with E-state index in [4.69, 9.17) is 0 Å². The van der Waals surface area contributed by atoms with Crippen LogP contribution in [0, 0.1) is 0 Å². The highest BCUT2D eigenvalue weighted by atomic mass is 79.9. The molecule has 5 nitrogen and oxygen atoms in total. The number of nitrogens with one attached hydrogen (secondary N) is 2. The first kappa shape index (κ1) is 11.3. The lowest BCUT2D eigenvalue weighted by molar-refractivity contribution is 0.780. The molecule has 0 fully saturated rings. The molecular weight excluding hydrogens is 296 g/mol. The molecule has 0 spiro atoms. The number of hydrogen-bond donors (Lipinski definition) is 2. The summed E-state index contributed by atoms with van der Waals surface area (Å²) in [6, 6.07) is 7.67. The highest BCUT2D eigenvalue weighted by Crippen LogP contribution is 2.15. The Hall–Kier alpha value is -1.82. The average molecular weight is 307 g/mol. The molecule has 0 unspecified atom stereocenters. The van der Waals surface area contributed by atoms with Crippen molar-refractivity contribution in [2.24, 2.45) is 0 Å². The van der Waals surface area contributed by atoms with Gasteiger partial charge in [0.25, 0.3) is 5.56 Å². The van der Waals surface area contributed by atoms with Crippen molar-refractivity contribution in [3.63, 3.8) is 0 Å². The maximum absolute atomic E-state index is 12.1. The molecule has 0 aliphatic carbocycles. The minimum Gasteiger partial charge on any atom is -0.322 e. The van der Waals surface area contributed by atoms with Gasteiger partial charge in [-0.2, -0.15) is 4.68 Å². The van der Waals surface area contributed by atoms with Crippen LogP contribution in [0.5, 0.6) is 0 Å². The zero-order valence-corrected chi connectivity index (χ0v) is 11.3. The van der Waals surface area contributed by atoms with Gasteiger partial charge in [-0.05, 0) is 34.5 Å². The zero-order chi connectivity index (χ0) is 12.7. The van der Waals surface area contributed by atoms with Crippen LogP contribution in [0.3, 0.4) is 0 Å². The molecule has 0 saturated carbocycles. The Morgan fingerprint density at radius 2 is 2.17 bits per heavy atom. The van der Waals surface area contributed by atoms with E-state index in [2.05, 4.69) is 31.0 Å². The molecule has 3 aromatic rings. The highest BCUT2D eigenvalue weighted by Gasteiger charge is 2.13. The van der Waals surface area contributed by atoms with Crippen LogP contribution in [0.15, 0.2) is 33.5 Å². The standard InChI is InChI=1S/C12H11BrN4O/c1-2-7-10(13)11(18)17(16-7)12-14-8-5-3-4-6-9(8)15-12/h3-6,16H,2H2,1H3,(H,14,15). The van der Waals surface area contributed by atoms with Crippen molar-refractivity contribution in [2.45, 2.75) is 13.3 Å². The number of hydrogen-bond acceptors (Lipinski definition) is 2. The summed E-state index contributed by atoms with van der Waals surface area (Å²) in [6.07, 6.45) is 0.753. The van der Waals surface area contributed by atoms with E-state index in [0.29, 0.717) is 10.4 Å². The molecule has 6 heteroatoms. The van der Waals surface area contributed by atoms with E-state index in [1.165, 1.54) is 4.68 Å². The summed E-state index contributed by atoms with van der Waals surface area (Å²) in [5, 5.41) is 3.04. The second kappa shape index (κ2) is 4.13. The van der Waals surface area contributed by atoms with E-state index in [0.717, 1.165) is 23.1 Å². The number of aromatic amines is 2. The van der Waals surface area contributed by atoms with Crippen molar-refractivity contribution in [3.8, 4) is 5.95 Å². The van der Waals surface area contributed by atoms with Crippen LogP contribution in [-0.4, -0.2) is 19.7 Å². The Morgan fingerprint density at radius 1 is 1.39 bits per heavy atom. The van der Waals surface area contributed by atoms with Gasteiger partial charge in [-0.25, -0.2) is 4.98 Å². The molecule has 0 saturated heterocycles. The summed E-state index contributed by atoms with van der Waals surface area (Å²) < 4.78 is 1.98. The minimum absolute atomic E-state index is 0.133. The van der Waals surface area contributed by atoms with Crippen molar-refractivity contribution < 1.29 is 0 Å². The van der Waals surface area contributed by atoms with E-state index >= 15 is 0 Å². The number of rotatable bonds is 2. The molecule has 0 aliphatic heterocycles. The summed E-state index contributed by atoms with van der Waals surface area (Å²) >= 11 is 3.30. The van der Waals surface area contributed by atoms with Crippen LogP contribution in [-0.2, 0) is 6.42 Å². The van der Waals surface area contributed by atoms with Gasteiger partial charge in [0.2, 0.25) is 5.95 Å². The van der Waals surface area contributed by atoms with Crippen LogP contribution >= 0.6 is 15.9 Å². The van der Waals surface area contributed by atoms with Gasteiger partial charge in [-0.1, -0.05) is 19.1 Å². The smallest absolute Gasteiger partial charge is 0.288 e. The van der Waals surface area contributed by atoms with E-state index in [9.17, 15) is 4.79 Å². The molecule has 18 heavy (non-hydrogen) atoms. The van der Waals surface area contributed by atoms with E-state index in [-0.39, 0.29) is 5.56 Å². The monoisotopic (exact) mass is 306 g/mol. The molecule has 0 bridgehead atoms. The van der Waals surface area contributed by atoms with Gasteiger partial charge in [0.1, 0.15) is 4.47 Å². The fourth-order valence-corrected chi connectivity index (χ4v) is 2.44. The summed E-state index contributed by atoms with van der Waals surface area (Å²) in [7, 11) is 0. The fourth-order valence-electron chi connectivity index (χ4n) is 1.89. The van der Waals surface area contributed by atoms with Gasteiger partial charge in [0.05, 0.1) is 16.7 Å². The molecule has 1 aromatic carbocycles. The van der Waals surface area contributed by atoms with Gasteiger partial charge in [-0.15, -0.1) is 0 Å². The third kappa shape index (κ3) is 1.60. The highest BCUT2D eigenvalue weighted by molar-refractivity contribution is 9.10. The van der Waals surface area contributed by atoms with Crippen molar-refractivity contribution in [2.75, 3.05) is 0 Å². The Labute approximate surface area is 111 Å². The second-order valence-corrected chi connectivity index (χ2v) is 4.77. The molecule has 0 amide bonds. The van der Waals surface area contributed by atoms with Crippen LogP contribution in [0.1, 0.15) is 12.6 Å². The molecule has 0 radical (unpaired) electrons. The Morgan fingerprint density at radius 3 is 2.83 bits per heavy atom. The lowest BCUT2D eigenvalue weighted by atomic mass is 10.3. The molecule has 92 valence electrons. The van der Waals surface area contributed by atoms with Crippen molar-refractivity contribution in [1.29, 1.82) is 0 Å². The summed E-state index contributed by atoms with van der Waals surface area (Å²) in [6.45, 7) is 1.99. The normalized spacial score (nSPS) is 11.2. The second-order valence-electron chi connectivity index (χ2n) is 3.98. The van der Waals surface area contributed by atoms with E-state index in [1.54, 1.807) is 0 Å². The molecule has 2 aromatic heterocycles. The third-order valence-corrected chi connectivity index (χ3v) is 3.66. The number of benzene rings is 1. The molecule has 0 aliphatic rings. The number of nitrogens with zero attached hydrogens (tertiary/aromatic N) is 2. The number of imidazole rings is 1. The molecule has 3 rings (SSSR count). The number of aryl methyl sites for hydroxylation is 1. The topological polar surface area (TPSA) is 66.5 Å². The minimum atomic E-state index is -0.133.